The van der Waals surface area contributed by atoms with Crippen molar-refractivity contribution in [1.82, 2.24) is 24.5 Å². The van der Waals surface area contributed by atoms with Gasteiger partial charge in [0, 0.05) is 30.7 Å². The molecule has 1 fully saturated rings. The largest absolute Gasteiger partial charge is 0.408 e. The van der Waals surface area contributed by atoms with E-state index in [9.17, 15) is 13.2 Å². The van der Waals surface area contributed by atoms with Crippen molar-refractivity contribution >= 4 is 16.6 Å². The number of fused-ring (bicyclic) bond motifs is 2. The van der Waals surface area contributed by atoms with E-state index in [0.717, 1.165) is 16.5 Å². The third-order valence-corrected chi connectivity index (χ3v) is 6.27. The van der Waals surface area contributed by atoms with E-state index in [2.05, 4.69) is 24.0 Å². The molecule has 0 saturated carbocycles. The van der Waals surface area contributed by atoms with Gasteiger partial charge in [0.2, 0.25) is 0 Å². The molecule has 172 valence electrons. The van der Waals surface area contributed by atoms with Gasteiger partial charge in [0.1, 0.15) is 11.7 Å². The zero-order valence-corrected chi connectivity index (χ0v) is 18.4. The summed E-state index contributed by atoms with van der Waals surface area (Å²) in [5.74, 6) is 0.684. The number of rotatable bonds is 4. The normalized spacial score (nSPS) is 18.6. The van der Waals surface area contributed by atoms with E-state index in [-0.39, 0.29) is 24.1 Å². The Hall–Kier alpha value is -3.04. The number of hydrogen-bond donors (Lipinski definition) is 1. The van der Waals surface area contributed by atoms with Crippen molar-refractivity contribution < 1.29 is 13.2 Å². The fraction of sp³-hybridized carbons (Fsp3) is 0.375. The Morgan fingerprint density at radius 3 is 2.58 bits per heavy atom. The number of nitrogens with zero attached hydrogens (tertiary/aromatic N) is 5. The molecular weight excluding hydrogens is 429 g/mol. The molecule has 4 heterocycles. The summed E-state index contributed by atoms with van der Waals surface area (Å²) in [5.41, 5.74) is 9.02. The molecule has 0 bridgehead atoms. The molecule has 33 heavy (non-hydrogen) atoms. The Morgan fingerprint density at radius 1 is 1.06 bits per heavy atom. The van der Waals surface area contributed by atoms with Crippen molar-refractivity contribution in [1.29, 1.82) is 0 Å². The van der Waals surface area contributed by atoms with Gasteiger partial charge in [0.25, 0.3) is 0 Å². The molecule has 0 aliphatic carbocycles. The van der Waals surface area contributed by atoms with Crippen LogP contribution in [0.4, 0.5) is 13.2 Å². The highest BCUT2D eigenvalue weighted by atomic mass is 19.4. The van der Waals surface area contributed by atoms with Crippen LogP contribution >= 0.6 is 0 Å². The van der Waals surface area contributed by atoms with Gasteiger partial charge < -0.3 is 5.73 Å². The number of likely N-dealkylation sites (tertiary alicyclic amines) is 1. The van der Waals surface area contributed by atoms with Crippen LogP contribution in [0.3, 0.4) is 0 Å². The van der Waals surface area contributed by atoms with Gasteiger partial charge in [-0.1, -0.05) is 44.2 Å². The number of benzene rings is 1. The maximum Gasteiger partial charge on any atom is 0.408 e. The summed E-state index contributed by atoms with van der Waals surface area (Å²) >= 11 is 0. The minimum absolute atomic E-state index is 0.133. The van der Waals surface area contributed by atoms with Crippen LogP contribution in [0.1, 0.15) is 43.4 Å². The first kappa shape index (κ1) is 21.8. The van der Waals surface area contributed by atoms with Crippen molar-refractivity contribution in [3.63, 3.8) is 0 Å². The molecule has 3 aromatic heterocycles. The van der Waals surface area contributed by atoms with Crippen molar-refractivity contribution in [2.75, 3.05) is 13.1 Å². The maximum atomic E-state index is 14.1. The molecule has 0 amide bonds. The molecule has 4 aromatic rings. The van der Waals surface area contributed by atoms with Gasteiger partial charge in [0.05, 0.1) is 5.52 Å². The second-order valence-corrected chi connectivity index (χ2v) is 8.97. The van der Waals surface area contributed by atoms with Gasteiger partial charge >= 0.3 is 6.18 Å². The van der Waals surface area contributed by atoms with Crippen LogP contribution in [0, 0.1) is 0 Å². The lowest BCUT2D eigenvalue weighted by Gasteiger charge is -2.30. The summed E-state index contributed by atoms with van der Waals surface area (Å²) in [4.78, 5) is 6.23. The predicted molar refractivity (Wildman–Crippen MR) is 121 cm³/mol. The van der Waals surface area contributed by atoms with Gasteiger partial charge in [-0.05, 0) is 35.6 Å². The van der Waals surface area contributed by atoms with E-state index in [1.807, 2.05) is 30.3 Å². The van der Waals surface area contributed by atoms with Gasteiger partial charge in [0.15, 0.2) is 11.5 Å². The lowest BCUT2D eigenvalue weighted by atomic mass is 9.99. The second kappa shape index (κ2) is 8.07. The average molecular weight is 455 g/mol. The molecule has 1 saturated heterocycles. The van der Waals surface area contributed by atoms with E-state index < -0.39 is 12.2 Å². The quantitative estimate of drug-likeness (QED) is 0.484. The Morgan fingerprint density at radius 2 is 1.88 bits per heavy atom. The Bertz CT molecular complexity index is 1310. The second-order valence-electron chi connectivity index (χ2n) is 8.97. The predicted octanol–water partition coefficient (Wildman–Crippen LogP) is 4.70. The van der Waals surface area contributed by atoms with Gasteiger partial charge in [-0.2, -0.15) is 13.2 Å². The molecule has 0 spiro atoms. The van der Waals surface area contributed by atoms with E-state index in [1.165, 1.54) is 17.2 Å². The lowest BCUT2D eigenvalue weighted by molar-refractivity contribution is -0.183. The van der Waals surface area contributed by atoms with Crippen LogP contribution in [0.2, 0.25) is 0 Å². The first-order valence-electron chi connectivity index (χ1n) is 11.0. The van der Waals surface area contributed by atoms with Crippen molar-refractivity contribution in [2.24, 2.45) is 5.73 Å². The molecule has 1 aromatic carbocycles. The van der Waals surface area contributed by atoms with E-state index in [0.29, 0.717) is 30.1 Å². The molecule has 2 unspecified atom stereocenters. The summed E-state index contributed by atoms with van der Waals surface area (Å²) in [5, 5.41) is 9.42. The summed E-state index contributed by atoms with van der Waals surface area (Å²) in [6.07, 6.45) is -2.40. The monoisotopic (exact) mass is 454 g/mol. The van der Waals surface area contributed by atoms with Gasteiger partial charge in [-0.25, -0.2) is 4.98 Å². The smallest absolute Gasteiger partial charge is 0.326 e. The number of alkyl halides is 3. The van der Waals surface area contributed by atoms with Crippen molar-refractivity contribution in [3.05, 3.63) is 59.8 Å². The SMILES string of the molecule is CC(C)c1cccc2ccc(-c3nnc4ccc(C(N5CCC(N)C5)C(F)(F)F)cn34)nc12. The first-order chi connectivity index (χ1) is 15.7. The molecule has 2 atom stereocenters. The van der Waals surface area contributed by atoms with Crippen LogP contribution in [0.25, 0.3) is 28.1 Å². The van der Waals surface area contributed by atoms with Crippen LogP contribution < -0.4 is 5.73 Å². The van der Waals surface area contributed by atoms with Gasteiger partial charge in [-0.15, -0.1) is 10.2 Å². The number of halogens is 3. The highest BCUT2D eigenvalue weighted by Gasteiger charge is 2.46. The molecule has 5 rings (SSSR count). The average Bonchev–Trinajstić information content (AvgIpc) is 3.38. The van der Waals surface area contributed by atoms with Crippen molar-refractivity contribution in [3.8, 4) is 11.5 Å². The zero-order chi connectivity index (χ0) is 23.3. The molecule has 0 radical (unpaired) electrons. The minimum Gasteiger partial charge on any atom is -0.326 e. The summed E-state index contributed by atoms with van der Waals surface area (Å²) in [7, 11) is 0. The number of pyridine rings is 2. The van der Waals surface area contributed by atoms with Crippen LogP contribution in [-0.2, 0) is 0 Å². The lowest BCUT2D eigenvalue weighted by Crippen LogP contribution is -2.38. The van der Waals surface area contributed by atoms with Crippen molar-refractivity contribution in [2.45, 2.75) is 44.4 Å². The minimum atomic E-state index is -4.43. The molecular formula is C24H25F3N6. The van der Waals surface area contributed by atoms with Gasteiger partial charge in [-0.3, -0.25) is 9.30 Å². The summed E-state index contributed by atoms with van der Waals surface area (Å²) in [6.45, 7) is 4.72. The molecule has 6 nitrogen and oxygen atoms in total. The fourth-order valence-corrected chi connectivity index (χ4v) is 4.66. The Kier molecular flexibility index (Phi) is 5.33. The van der Waals surface area contributed by atoms with E-state index in [4.69, 9.17) is 10.7 Å². The molecule has 1 aliphatic rings. The van der Waals surface area contributed by atoms with E-state index >= 15 is 0 Å². The topological polar surface area (TPSA) is 72.3 Å². The van der Waals surface area contributed by atoms with E-state index in [1.54, 1.807) is 10.5 Å². The Balaban J connectivity index is 1.62. The number of hydrogen-bond acceptors (Lipinski definition) is 5. The summed E-state index contributed by atoms with van der Waals surface area (Å²) in [6, 6.07) is 10.9. The third-order valence-electron chi connectivity index (χ3n) is 6.27. The fourth-order valence-electron chi connectivity index (χ4n) is 4.66. The van der Waals surface area contributed by atoms with Crippen LogP contribution in [0.5, 0.6) is 0 Å². The molecule has 9 heteroatoms. The number of nitrogens with two attached hydrogens (primary N) is 1. The standard InChI is InChI=1S/C24H25F3N6/c1-14(2)18-5-3-4-15-6-8-19(29-21(15)18)23-31-30-20-9-7-16(12-33(20)23)22(24(25,26)27)32-11-10-17(28)13-32/h3-9,12,14,17,22H,10-11,13,28H2,1-2H3. The number of aromatic nitrogens is 4. The zero-order valence-electron chi connectivity index (χ0n) is 18.4. The number of para-hydroxylation sites is 1. The molecule has 1 aliphatic heterocycles. The maximum absolute atomic E-state index is 14.1. The third kappa shape index (κ3) is 3.95. The highest BCUT2D eigenvalue weighted by Crippen LogP contribution is 2.39. The highest BCUT2D eigenvalue weighted by molar-refractivity contribution is 5.84. The Labute approximate surface area is 189 Å². The molecule has 2 N–H and O–H groups in total. The van der Waals surface area contributed by atoms with Crippen LogP contribution in [0.15, 0.2) is 48.7 Å². The summed E-state index contributed by atoms with van der Waals surface area (Å²) < 4.78 is 43.9. The van der Waals surface area contributed by atoms with Crippen LogP contribution in [-0.4, -0.2) is 49.8 Å². The first-order valence-corrected chi connectivity index (χ1v) is 11.0.